The molecule has 0 bridgehead atoms. The van der Waals surface area contributed by atoms with Crippen LogP contribution in [0.5, 0.6) is 0 Å². The molecule has 0 aromatic heterocycles. The number of rotatable bonds is 3. The average molecular weight is 176 g/mol. The highest BCUT2D eigenvalue weighted by molar-refractivity contribution is 5.79. The second-order valence-electron chi connectivity index (χ2n) is 3.33. The lowest BCUT2D eigenvalue weighted by Crippen LogP contribution is -2.49. The van der Waals surface area contributed by atoms with E-state index in [9.17, 15) is 15.0 Å². The fraction of sp³-hybridized carbons (Fsp3) is 0.875. The Balaban J connectivity index is 4.48. The zero-order valence-electron chi connectivity index (χ0n) is 7.87. The number of hydrogen-bond acceptors (Lipinski definition) is 4. The number of hydrogen-bond donors (Lipinski definition) is 2. The van der Waals surface area contributed by atoms with Gasteiger partial charge in [0.05, 0.1) is 13.2 Å². The smallest absolute Gasteiger partial charge is 0.340 e. The Morgan fingerprint density at radius 3 is 2.17 bits per heavy atom. The van der Waals surface area contributed by atoms with E-state index in [0.29, 0.717) is 0 Å². The van der Waals surface area contributed by atoms with E-state index in [0.717, 1.165) is 0 Å². The number of esters is 1. The van der Waals surface area contributed by atoms with Crippen molar-refractivity contribution in [2.45, 2.75) is 32.5 Å². The minimum absolute atomic E-state index is 0.195. The normalized spacial score (nSPS) is 18.6. The Bertz CT molecular complexity index is 162. The summed E-state index contributed by atoms with van der Waals surface area (Å²) in [5, 5.41) is 18.9. The number of aliphatic hydroxyl groups excluding tert-OH is 1. The molecule has 0 aromatic carbocycles. The van der Waals surface area contributed by atoms with Crippen molar-refractivity contribution in [1.82, 2.24) is 0 Å². The van der Waals surface area contributed by atoms with E-state index in [1.807, 2.05) is 0 Å². The summed E-state index contributed by atoms with van der Waals surface area (Å²) in [5.41, 5.74) is -1.82. The van der Waals surface area contributed by atoms with Crippen LogP contribution in [0, 0.1) is 5.92 Å². The molecule has 2 atom stereocenters. The molecule has 0 aliphatic heterocycles. The van der Waals surface area contributed by atoms with Crippen LogP contribution in [0.3, 0.4) is 0 Å². The zero-order chi connectivity index (χ0) is 9.94. The summed E-state index contributed by atoms with van der Waals surface area (Å²) >= 11 is 0. The molecule has 12 heavy (non-hydrogen) atoms. The van der Waals surface area contributed by atoms with E-state index < -0.39 is 17.7 Å². The van der Waals surface area contributed by atoms with E-state index in [-0.39, 0.29) is 5.92 Å². The highest BCUT2D eigenvalue weighted by Crippen LogP contribution is 2.18. The van der Waals surface area contributed by atoms with Crippen LogP contribution >= 0.6 is 0 Å². The van der Waals surface area contributed by atoms with Crippen LogP contribution in [0.1, 0.15) is 20.8 Å². The Kier molecular flexibility index (Phi) is 3.67. The summed E-state index contributed by atoms with van der Waals surface area (Å²) in [5.74, 6) is -1.01. The first-order valence-corrected chi connectivity index (χ1v) is 3.83. The molecule has 72 valence electrons. The maximum Gasteiger partial charge on any atom is 0.340 e. The summed E-state index contributed by atoms with van der Waals surface area (Å²) in [7, 11) is 1.17. The first-order chi connectivity index (χ1) is 5.34. The van der Waals surface area contributed by atoms with Crippen LogP contribution in [0.25, 0.3) is 0 Å². The molecule has 0 spiro atoms. The van der Waals surface area contributed by atoms with Gasteiger partial charge in [-0.2, -0.15) is 0 Å². The van der Waals surface area contributed by atoms with Crippen molar-refractivity contribution in [3.05, 3.63) is 0 Å². The molecule has 0 aromatic rings. The number of carbonyl (C=O) groups is 1. The molecule has 4 heteroatoms. The van der Waals surface area contributed by atoms with Crippen LogP contribution in [-0.4, -0.2) is 35.0 Å². The zero-order valence-corrected chi connectivity index (χ0v) is 7.87. The fourth-order valence-corrected chi connectivity index (χ4v) is 0.976. The first-order valence-electron chi connectivity index (χ1n) is 3.83. The quantitative estimate of drug-likeness (QED) is 0.590. The minimum Gasteiger partial charge on any atom is -0.467 e. The van der Waals surface area contributed by atoms with Gasteiger partial charge in [-0.3, -0.25) is 0 Å². The van der Waals surface area contributed by atoms with E-state index in [2.05, 4.69) is 4.74 Å². The standard InChI is InChI=1S/C8H16O4/c1-5(2)6(9)8(3,11)7(10)12-4/h5-6,9,11H,1-4H3/t6-,8-/m0/s1. The summed E-state index contributed by atoms with van der Waals surface area (Å²) in [6.07, 6.45) is -1.11. The van der Waals surface area contributed by atoms with Gasteiger partial charge in [0.15, 0.2) is 5.60 Å². The summed E-state index contributed by atoms with van der Waals surface area (Å²) < 4.78 is 4.34. The number of ether oxygens (including phenoxy) is 1. The molecule has 0 fully saturated rings. The van der Waals surface area contributed by atoms with Gasteiger partial charge in [0.25, 0.3) is 0 Å². The molecule has 0 rings (SSSR count). The third kappa shape index (κ3) is 2.19. The lowest BCUT2D eigenvalue weighted by Gasteiger charge is -2.28. The van der Waals surface area contributed by atoms with Crippen molar-refractivity contribution < 1.29 is 19.7 Å². The Morgan fingerprint density at radius 2 is 1.92 bits per heavy atom. The van der Waals surface area contributed by atoms with Gasteiger partial charge < -0.3 is 14.9 Å². The van der Waals surface area contributed by atoms with Gasteiger partial charge in [0, 0.05) is 0 Å². The molecule has 0 aliphatic rings. The van der Waals surface area contributed by atoms with Crippen molar-refractivity contribution in [3.63, 3.8) is 0 Å². The van der Waals surface area contributed by atoms with Crippen molar-refractivity contribution >= 4 is 5.97 Å². The molecule has 0 amide bonds. The fourth-order valence-electron chi connectivity index (χ4n) is 0.976. The Hall–Kier alpha value is -0.610. The van der Waals surface area contributed by atoms with E-state index >= 15 is 0 Å². The second-order valence-corrected chi connectivity index (χ2v) is 3.33. The van der Waals surface area contributed by atoms with Crippen LogP contribution in [0.2, 0.25) is 0 Å². The molecule has 0 heterocycles. The van der Waals surface area contributed by atoms with Crippen LogP contribution < -0.4 is 0 Å². The molecule has 0 aliphatic carbocycles. The molecule has 0 unspecified atom stereocenters. The van der Waals surface area contributed by atoms with Gasteiger partial charge >= 0.3 is 5.97 Å². The highest BCUT2D eigenvalue weighted by Gasteiger charge is 2.40. The third-order valence-electron chi connectivity index (χ3n) is 1.81. The Labute approximate surface area is 72.2 Å². The molecule has 0 radical (unpaired) electrons. The SMILES string of the molecule is COC(=O)[C@@](C)(O)[C@@H](O)C(C)C. The summed E-state index contributed by atoms with van der Waals surface area (Å²) in [6.45, 7) is 4.66. The van der Waals surface area contributed by atoms with Crippen molar-refractivity contribution in [2.24, 2.45) is 5.92 Å². The average Bonchev–Trinajstić information content (AvgIpc) is 2.01. The van der Waals surface area contributed by atoms with E-state index in [1.54, 1.807) is 13.8 Å². The monoisotopic (exact) mass is 176 g/mol. The van der Waals surface area contributed by atoms with E-state index in [1.165, 1.54) is 14.0 Å². The van der Waals surface area contributed by atoms with E-state index in [4.69, 9.17) is 0 Å². The van der Waals surface area contributed by atoms with Crippen molar-refractivity contribution in [2.75, 3.05) is 7.11 Å². The summed E-state index contributed by atoms with van der Waals surface area (Å²) in [6, 6.07) is 0. The third-order valence-corrected chi connectivity index (χ3v) is 1.81. The minimum atomic E-state index is -1.82. The van der Waals surface area contributed by atoms with Crippen LogP contribution in [0.4, 0.5) is 0 Å². The predicted molar refractivity (Wildman–Crippen MR) is 43.5 cm³/mol. The van der Waals surface area contributed by atoms with Gasteiger partial charge in [-0.05, 0) is 12.8 Å². The van der Waals surface area contributed by atoms with Gasteiger partial charge in [-0.15, -0.1) is 0 Å². The molecular weight excluding hydrogens is 160 g/mol. The van der Waals surface area contributed by atoms with Crippen molar-refractivity contribution in [1.29, 1.82) is 0 Å². The van der Waals surface area contributed by atoms with Gasteiger partial charge in [-0.25, -0.2) is 4.79 Å². The largest absolute Gasteiger partial charge is 0.467 e. The predicted octanol–water partition coefficient (Wildman–Crippen LogP) is -0.0727. The number of carbonyl (C=O) groups excluding carboxylic acids is 1. The van der Waals surface area contributed by atoms with Crippen LogP contribution in [-0.2, 0) is 9.53 Å². The molecule has 4 nitrogen and oxygen atoms in total. The molecule has 0 saturated heterocycles. The highest BCUT2D eigenvalue weighted by atomic mass is 16.5. The van der Waals surface area contributed by atoms with Gasteiger partial charge in [-0.1, -0.05) is 13.8 Å². The first kappa shape index (κ1) is 11.4. The molecule has 0 saturated carbocycles. The number of methoxy groups -OCH3 is 1. The second kappa shape index (κ2) is 3.87. The van der Waals surface area contributed by atoms with Crippen LogP contribution in [0.15, 0.2) is 0 Å². The maximum absolute atomic E-state index is 10.9. The van der Waals surface area contributed by atoms with Gasteiger partial charge in [0.2, 0.25) is 0 Å². The topological polar surface area (TPSA) is 66.8 Å². The van der Waals surface area contributed by atoms with Gasteiger partial charge in [0.1, 0.15) is 0 Å². The molecule has 2 N–H and O–H groups in total. The van der Waals surface area contributed by atoms with Crippen molar-refractivity contribution in [3.8, 4) is 0 Å². The maximum atomic E-state index is 10.9. The Morgan fingerprint density at radius 1 is 1.50 bits per heavy atom. The lowest BCUT2D eigenvalue weighted by atomic mass is 9.91. The molecular formula is C8H16O4. The lowest BCUT2D eigenvalue weighted by molar-refractivity contribution is -0.175. The number of aliphatic hydroxyl groups is 2. The summed E-state index contributed by atoms with van der Waals surface area (Å²) in [4.78, 5) is 10.9.